The summed E-state index contributed by atoms with van der Waals surface area (Å²) in [7, 11) is -13.0. The molecule has 4 saturated heterocycles. The van der Waals surface area contributed by atoms with Gasteiger partial charge < -0.3 is 26.0 Å². The van der Waals surface area contributed by atoms with Gasteiger partial charge in [0.2, 0.25) is 63.7 Å². The first kappa shape index (κ1) is 84.5. The minimum Gasteiger partial charge on any atom is -0.497 e. The second kappa shape index (κ2) is 37.8. The SMILES string of the molecule is CC(=O)Nc1ccc(S(=O)(=O)N2CCC[C@H](C(=O)Nc3ccc(Cl)c(F)c3)C2)cc1.COc1ccc(S(=O)(=O)N2CCC[C@H](C(=O)Nc3ccc(Cl)c(F)c3)C2)cc1.CS(=O)(=O)N1CCC(C(=O)Cc2ccc(Cl)c(F)c2)CC1.N#Cc1ccc(S(=O)(=O)N2CCC[C@H](C(=O)Nc3ccc(Cl)c(F)c3)C2)cc1. The maximum absolute atomic E-state index is 13.6. The normalized spacial score (nSPS) is 17.7. The van der Waals surface area contributed by atoms with Gasteiger partial charge in [0.15, 0.2) is 0 Å². The summed E-state index contributed by atoms with van der Waals surface area (Å²) in [6, 6.07) is 35.8. The minimum atomic E-state index is -3.80. The molecular weight excluding hydrogens is 1560 g/mol. The highest BCUT2D eigenvalue weighted by atomic mass is 35.5. The van der Waals surface area contributed by atoms with E-state index >= 15 is 0 Å². The molecule has 7 aromatic carbocycles. The number of carbonyl (C=O) groups excluding carboxylic acids is 5. The summed E-state index contributed by atoms with van der Waals surface area (Å²) in [6.45, 7) is 3.17. The highest BCUT2D eigenvalue weighted by Gasteiger charge is 2.37. The highest BCUT2D eigenvalue weighted by Crippen LogP contribution is 2.32. The molecule has 0 bridgehead atoms. The first-order valence-electron chi connectivity index (χ1n) is 33.3. The third-order valence-electron chi connectivity index (χ3n) is 17.7. The van der Waals surface area contributed by atoms with Gasteiger partial charge >= 0.3 is 0 Å². The van der Waals surface area contributed by atoms with Crippen molar-refractivity contribution in [3.05, 3.63) is 200 Å². The van der Waals surface area contributed by atoms with E-state index in [-0.39, 0.29) is 113 Å². The Kier molecular flexibility index (Phi) is 29.9. The fourth-order valence-corrected chi connectivity index (χ4v) is 17.8. The molecule has 4 aliphatic heterocycles. The van der Waals surface area contributed by atoms with Gasteiger partial charge in [-0.1, -0.05) is 52.5 Å². The number of carbonyl (C=O) groups is 5. The number of ketones is 1. The number of piperidine rings is 4. The molecule has 0 spiro atoms. The van der Waals surface area contributed by atoms with Crippen molar-refractivity contribution in [1.82, 2.24) is 17.2 Å². The summed E-state index contributed by atoms with van der Waals surface area (Å²) >= 11 is 22.5. The van der Waals surface area contributed by atoms with Crippen molar-refractivity contribution in [2.45, 2.75) is 79.4 Å². The van der Waals surface area contributed by atoms with Gasteiger partial charge in [-0.2, -0.15) is 18.2 Å². The Hall–Kier alpha value is -8.10. The van der Waals surface area contributed by atoms with E-state index in [9.17, 15) is 75.2 Å². The number of hydrogen-bond acceptors (Lipinski definition) is 15. The summed E-state index contributed by atoms with van der Waals surface area (Å²) in [4.78, 5) is 61.3. The van der Waals surface area contributed by atoms with Gasteiger partial charge in [-0.05, 0) is 196 Å². The number of nitrogens with one attached hydrogen (secondary N) is 4. The monoisotopic (exact) mass is 1630 g/mol. The van der Waals surface area contributed by atoms with Crippen LogP contribution < -0.4 is 26.0 Å². The van der Waals surface area contributed by atoms with Crippen LogP contribution in [0.2, 0.25) is 20.1 Å². The molecule has 0 aromatic heterocycles. The van der Waals surface area contributed by atoms with E-state index in [0.29, 0.717) is 107 Å². The number of amides is 4. The highest BCUT2D eigenvalue weighted by molar-refractivity contribution is 7.89. The number of anilines is 4. The van der Waals surface area contributed by atoms with Gasteiger partial charge in [-0.15, -0.1) is 0 Å². The molecular formula is C72H75Cl4F4N9O14S4. The Morgan fingerprint density at radius 1 is 0.449 bits per heavy atom. The summed E-state index contributed by atoms with van der Waals surface area (Å²) in [6.07, 6.45) is 5.57. The number of Topliss-reactive ketones (excluding diaryl/α,β-unsaturated/α-hetero) is 1. The van der Waals surface area contributed by atoms with Crippen molar-refractivity contribution in [2.75, 3.05) is 87.0 Å². The van der Waals surface area contributed by atoms with Gasteiger partial charge in [0, 0.05) is 94.4 Å². The molecule has 4 N–H and O–H groups in total. The van der Waals surface area contributed by atoms with Gasteiger partial charge in [0.1, 0.15) is 34.8 Å². The number of halogens is 8. The molecule has 0 saturated carbocycles. The first-order chi connectivity index (χ1) is 50.5. The quantitative estimate of drug-likeness (QED) is 0.0580. The predicted molar refractivity (Wildman–Crippen MR) is 399 cm³/mol. The average Bonchev–Trinajstić information content (AvgIpc) is 0.799. The molecule has 0 aliphatic carbocycles. The number of ether oxygens (including phenoxy) is 1. The molecule has 4 heterocycles. The molecule has 0 unspecified atom stereocenters. The molecule has 107 heavy (non-hydrogen) atoms. The summed E-state index contributed by atoms with van der Waals surface area (Å²) in [5, 5.41) is 19.2. The number of benzene rings is 7. The standard InChI is InChI=1S/C20H21ClFN3O4S.C19H17ClFN3O3S.C19H20ClFN2O4S.C14H17ClFNO3S/c1-13(26)23-15-4-7-17(8-5-15)30(28,29)25-10-2-3-14(12-25)20(27)24-16-6-9-18(21)19(22)11-16;20-17-8-5-15(10-18(17)21)23-19(25)14-2-1-9-24(12-14)28(26,27)16-6-3-13(11-22)4-7-16;1-27-15-5-7-16(8-6-15)28(25,26)23-10-2-3-13(12-23)19(24)22-14-4-9-17(20)18(21)11-14;1-21(19,20)17-6-4-11(5-7-17)14(18)9-10-2-3-12(15)13(16)8-10/h4-9,11,14H,2-3,10,12H2,1H3,(H,23,26)(H,24,27);3-8,10,14H,1-2,9,12H2,(H,23,25);4-9,11,13H,2-3,10,12H2,1H3,(H,22,24);2-3,8,11H,4-7,9H2,1H3/t2*14-;13-;/m000./s1. The van der Waals surface area contributed by atoms with E-state index < -0.39 is 81.1 Å². The maximum atomic E-state index is 13.6. The lowest BCUT2D eigenvalue weighted by Gasteiger charge is -2.31. The Balaban J connectivity index is 0.000000181. The molecule has 23 nitrogen and oxygen atoms in total. The Labute approximate surface area is 638 Å². The zero-order valence-corrected chi connectivity index (χ0v) is 64.1. The number of nitriles is 1. The van der Waals surface area contributed by atoms with Crippen LogP contribution >= 0.6 is 46.4 Å². The minimum absolute atomic E-state index is 0.0184. The van der Waals surface area contributed by atoms with E-state index in [1.807, 2.05) is 6.07 Å². The third-order valence-corrected chi connectivity index (χ3v) is 25.9. The zero-order chi connectivity index (χ0) is 78.1. The van der Waals surface area contributed by atoms with Crippen LogP contribution in [0.15, 0.2) is 160 Å². The molecule has 7 aromatic rings. The molecule has 0 radical (unpaired) electrons. The lowest BCUT2D eigenvalue weighted by Crippen LogP contribution is -2.43. The Morgan fingerprint density at radius 3 is 1.11 bits per heavy atom. The number of hydrogen-bond donors (Lipinski definition) is 4. The largest absolute Gasteiger partial charge is 0.497 e. The second-order valence-electron chi connectivity index (χ2n) is 25.3. The van der Waals surface area contributed by atoms with Crippen LogP contribution in [0.4, 0.5) is 40.3 Å². The van der Waals surface area contributed by atoms with E-state index in [1.165, 1.54) is 147 Å². The van der Waals surface area contributed by atoms with Crippen molar-refractivity contribution in [1.29, 1.82) is 5.26 Å². The molecule has 4 fully saturated rings. The van der Waals surface area contributed by atoms with Gasteiger partial charge in [0.05, 0.1) is 77.5 Å². The predicted octanol–water partition coefficient (Wildman–Crippen LogP) is 12.7. The topological polar surface area (TPSA) is 316 Å². The zero-order valence-electron chi connectivity index (χ0n) is 57.8. The van der Waals surface area contributed by atoms with Crippen molar-refractivity contribution in [3.8, 4) is 11.8 Å². The smallest absolute Gasteiger partial charge is 0.243 e. The van der Waals surface area contributed by atoms with Crippen LogP contribution in [0, 0.1) is 58.3 Å². The second-order valence-corrected chi connectivity index (χ2v) is 34.7. The van der Waals surface area contributed by atoms with Crippen molar-refractivity contribution >= 4 is 139 Å². The number of nitrogens with zero attached hydrogens (tertiary/aromatic N) is 5. The fraction of sp³-hybridized carbons (Fsp3) is 0.333. The van der Waals surface area contributed by atoms with Crippen LogP contribution in [0.5, 0.6) is 5.75 Å². The molecule has 4 amide bonds. The summed E-state index contributed by atoms with van der Waals surface area (Å²) < 4.78 is 165. The Bertz CT molecular complexity index is 4920. The van der Waals surface area contributed by atoms with Crippen molar-refractivity contribution in [2.24, 2.45) is 23.7 Å². The van der Waals surface area contributed by atoms with Crippen molar-refractivity contribution in [3.63, 3.8) is 0 Å². The lowest BCUT2D eigenvalue weighted by atomic mass is 9.90. The molecule has 572 valence electrons. The number of rotatable bonds is 18. The first-order valence-corrected chi connectivity index (χ1v) is 41.0. The van der Waals surface area contributed by atoms with E-state index in [2.05, 4.69) is 21.3 Å². The van der Waals surface area contributed by atoms with Crippen LogP contribution in [0.25, 0.3) is 0 Å². The van der Waals surface area contributed by atoms with Crippen LogP contribution in [0.1, 0.15) is 69.4 Å². The van der Waals surface area contributed by atoms with Gasteiger partial charge in [-0.3, -0.25) is 24.0 Å². The summed E-state index contributed by atoms with van der Waals surface area (Å²) in [5.74, 6) is -5.05. The molecule has 4 aliphatic rings. The maximum Gasteiger partial charge on any atom is 0.243 e. The lowest BCUT2D eigenvalue weighted by molar-refractivity contribution is -0.123. The molecule has 35 heteroatoms. The average molecular weight is 1640 g/mol. The number of sulfonamides is 4. The van der Waals surface area contributed by atoms with Crippen LogP contribution in [-0.4, -0.2) is 146 Å². The van der Waals surface area contributed by atoms with Gasteiger partial charge in [-0.25, -0.2) is 55.5 Å². The molecule has 3 atom stereocenters. The van der Waals surface area contributed by atoms with Gasteiger partial charge in [0.25, 0.3) is 0 Å². The van der Waals surface area contributed by atoms with Crippen molar-refractivity contribution < 1.29 is 79.9 Å². The fourth-order valence-electron chi connectivity index (χ4n) is 11.9. The molecule has 11 rings (SSSR count). The van der Waals surface area contributed by atoms with E-state index in [1.54, 1.807) is 18.2 Å². The number of methoxy groups -OCH3 is 1. The van der Waals surface area contributed by atoms with E-state index in [0.717, 1.165) is 18.2 Å². The van der Waals surface area contributed by atoms with E-state index in [4.69, 9.17) is 56.4 Å². The Morgan fingerprint density at radius 2 is 0.785 bits per heavy atom. The van der Waals surface area contributed by atoms with Crippen LogP contribution in [0.3, 0.4) is 0 Å². The third kappa shape index (κ3) is 23.5. The summed E-state index contributed by atoms with van der Waals surface area (Å²) in [5.41, 5.74) is 2.25. The van der Waals surface area contributed by atoms with Crippen LogP contribution in [-0.2, 0) is 70.5 Å².